The van der Waals surface area contributed by atoms with Crippen molar-refractivity contribution < 1.29 is 9.53 Å². The van der Waals surface area contributed by atoms with Crippen LogP contribution in [-0.2, 0) is 11.2 Å². The Morgan fingerprint density at radius 1 is 1.19 bits per heavy atom. The summed E-state index contributed by atoms with van der Waals surface area (Å²) in [4.78, 5) is 12.6. The predicted octanol–water partition coefficient (Wildman–Crippen LogP) is 4.45. The van der Waals surface area contributed by atoms with Crippen molar-refractivity contribution in [2.45, 2.75) is 70.9 Å². The molecule has 0 radical (unpaired) electrons. The molecule has 1 heterocycles. The van der Waals surface area contributed by atoms with E-state index in [-0.39, 0.29) is 11.6 Å². The molecule has 1 unspecified atom stereocenters. The SMILES string of the molecule is C[C@H]1C[C@]2(C)C(=O)CC[C@H]2[C@@H]2CCc3cc(OC4CCCN4)ccc3[C@H]21. The van der Waals surface area contributed by atoms with E-state index in [9.17, 15) is 4.79 Å². The summed E-state index contributed by atoms with van der Waals surface area (Å²) < 4.78 is 6.15. The van der Waals surface area contributed by atoms with E-state index in [4.69, 9.17) is 4.74 Å². The van der Waals surface area contributed by atoms with E-state index < -0.39 is 0 Å². The summed E-state index contributed by atoms with van der Waals surface area (Å²) in [5.74, 6) is 4.05. The second-order valence-corrected chi connectivity index (χ2v) is 9.46. The van der Waals surface area contributed by atoms with Crippen LogP contribution in [-0.4, -0.2) is 18.6 Å². The van der Waals surface area contributed by atoms with Crippen LogP contribution in [0.1, 0.15) is 69.4 Å². The Hall–Kier alpha value is -1.35. The van der Waals surface area contributed by atoms with Crippen LogP contribution in [0.15, 0.2) is 18.2 Å². The minimum Gasteiger partial charge on any atom is -0.475 e. The standard InChI is InChI=1S/C23H31NO2/c1-14-13-23(2)19(9-10-20(23)25)18-7-5-15-12-16(6-8-17(15)22(14)18)26-21-4-3-11-24-21/h6,8,12,14,18-19,21-22,24H,3-5,7,9-11,13H2,1-2H3/t14-,18-,19-,21?,22+,23-/m0/s1. The Bertz CT molecular complexity index is 723. The zero-order chi connectivity index (χ0) is 17.9. The molecule has 6 atom stereocenters. The van der Waals surface area contributed by atoms with Crippen molar-refractivity contribution in [3.63, 3.8) is 0 Å². The molecule has 3 fully saturated rings. The van der Waals surface area contributed by atoms with E-state index in [1.807, 2.05) is 0 Å². The number of Topliss-reactive ketones (excluding diaryl/α,β-unsaturated/α-hetero) is 1. The largest absolute Gasteiger partial charge is 0.475 e. The molecule has 4 aliphatic rings. The first-order chi connectivity index (χ1) is 12.6. The first kappa shape index (κ1) is 16.8. The number of nitrogens with one attached hydrogen (secondary N) is 1. The van der Waals surface area contributed by atoms with Crippen molar-refractivity contribution in [3.8, 4) is 5.75 Å². The predicted molar refractivity (Wildman–Crippen MR) is 102 cm³/mol. The number of rotatable bonds is 2. The van der Waals surface area contributed by atoms with Crippen LogP contribution in [0.2, 0.25) is 0 Å². The van der Waals surface area contributed by atoms with Crippen LogP contribution in [0.25, 0.3) is 0 Å². The van der Waals surface area contributed by atoms with Gasteiger partial charge in [0.25, 0.3) is 0 Å². The molecule has 1 N–H and O–H groups in total. The van der Waals surface area contributed by atoms with E-state index in [2.05, 4.69) is 37.4 Å². The molecule has 1 aliphatic heterocycles. The van der Waals surface area contributed by atoms with Crippen molar-refractivity contribution in [3.05, 3.63) is 29.3 Å². The van der Waals surface area contributed by atoms with Gasteiger partial charge in [-0.25, -0.2) is 0 Å². The maximum Gasteiger partial charge on any atom is 0.150 e. The highest BCUT2D eigenvalue weighted by atomic mass is 16.5. The highest BCUT2D eigenvalue weighted by molar-refractivity contribution is 5.87. The van der Waals surface area contributed by atoms with E-state index in [0.29, 0.717) is 29.5 Å². The molecular formula is C23H31NO2. The number of hydrogen-bond acceptors (Lipinski definition) is 3. The topological polar surface area (TPSA) is 38.3 Å². The second-order valence-electron chi connectivity index (χ2n) is 9.46. The highest BCUT2D eigenvalue weighted by Gasteiger charge is 2.56. The van der Waals surface area contributed by atoms with Crippen LogP contribution in [0.4, 0.5) is 0 Å². The van der Waals surface area contributed by atoms with Crippen molar-refractivity contribution in [2.75, 3.05) is 6.54 Å². The maximum absolute atomic E-state index is 12.6. The molecule has 3 heteroatoms. The van der Waals surface area contributed by atoms with Gasteiger partial charge in [0.15, 0.2) is 0 Å². The molecule has 3 aliphatic carbocycles. The first-order valence-electron chi connectivity index (χ1n) is 10.6. The lowest BCUT2D eigenvalue weighted by Gasteiger charge is -2.51. The molecule has 0 bridgehead atoms. The van der Waals surface area contributed by atoms with Gasteiger partial charge in [-0.05, 0) is 92.0 Å². The lowest BCUT2D eigenvalue weighted by molar-refractivity contribution is -0.130. The maximum atomic E-state index is 12.6. The number of ether oxygens (including phenoxy) is 1. The minimum absolute atomic E-state index is 0.0463. The normalized spacial score (nSPS) is 41.5. The monoisotopic (exact) mass is 353 g/mol. The molecule has 5 rings (SSSR count). The Morgan fingerprint density at radius 2 is 2.08 bits per heavy atom. The molecule has 1 aromatic carbocycles. The van der Waals surface area contributed by atoms with Crippen LogP contribution >= 0.6 is 0 Å². The number of carbonyl (C=O) groups is 1. The average molecular weight is 354 g/mol. The van der Waals surface area contributed by atoms with Gasteiger partial charge in [0.2, 0.25) is 0 Å². The molecule has 1 aromatic rings. The van der Waals surface area contributed by atoms with Crippen LogP contribution in [0, 0.1) is 23.2 Å². The molecule has 2 saturated carbocycles. The highest BCUT2D eigenvalue weighted by Crippen LogP contribution is 2.61. The molecular weight excluding hydrogens is 322 g/mol. The average Bonchev–Trinajstić information content (AvgIpc) is 3.23. The molecule has 3 nitrogen and oxygen atoms in total. The molecule has 0 aromatic heterocycles. The van der Waals surface area contributed by atoms with Gasteiger partial charge in [0.1, 0.15) is 17.8 Å². The van der Waals surface area contributed by atoms with Gasteiger partial charge in [-0.1, -0.05) is 19.9 Å². The van der Waals surface area contributed by atoms with E-state index in [0.717, 1.165) is 44.4 Å². The number of aryl methyl sites for hydroxylation is 1. The van der Waals surface area contributed by atoms with Crippen molar-refractivity contribution >= 4 is 5.78 Å². The Morgan fingerprint density at radius 3 is 2.88 bits per heavy atom. The quantitative estimate of drug-likeness (QED) is 0.854. The van der Waals surface area contributed by atoms with Gasteiger partial charge < -0.3 is 4.74 Å². The van der Waals surface area contributed by atoms with Crippen molar-refractivity contribution in [1.82, 2.24) is 5.32 Å². The van der Waals surface area contributed by atoms with Crippen molar-refractivity contribution in [2.24, 2.45) is 23.2 Å². The zero-order valence-electron chi connectivity index (χ0n) is 16.1. The summed E-state index contributed by atoms with van der Waals surface area (Å²) in [6.07, 6.45) is 7.87. The van der Waals surface area contributed by atoms with E-state index in [1.165, 1.54) is 18.4 Å². The van der Waals surface area contributed by atoms with Crippen LogP contribution in [0.5, 0.6) is 5.75 Å². The summed E-state index contributed by atoms with van der Waals surface area (Å²) >= 11 is 0. The lowest BCUT2D eigenvalue weighted by atomic mass is 9.52. The first-order valence-corrected chi connectivity index (χ1v) is 10.6. The summed E-state index contributed by atoms with van der Waals surface area (Å²) in [6.45, 7) is 5.71. The minimum atomic E-state index is -0.0463. The van der Waals surface area contributed by atoms with Crippen molar-refractivity contribution in [1.29, 1.82) is 0 Å². The molecule has 26 heavy (non-hydrogen) atoms. The van der Waals surface area contributed by atoms with Gasteiger partial charge in [-0.2, -0.15) is 0 Å². The molecule has 140 valence electrons. The Kier molecular flexibility index (Phi) is 3.93. The summed E-state index contributed by atoms with van der Waals surface area (Å²) in [7, 11) is 0. The Balaban J connectivity index is 1.43. The van der Waals surface area contributed by atoms with Gasteiger partial charge in [-0.3, -0.25) is 10.1 Å². The smallest absolute Gasteiger partial charge is 0.150 e. The van der Waals surface area contributed by atoms with Crippen LogP contribution < -0.4 is 10.1 Å². The molecule has 0 spiro atoms. The van der Waals surface area contributed by atoms with E-state index >= 15 is 0 Å². The third-order valence-corrected chi connectivity index (χ3v) is 7.99. The second kappa shape index (κ2) is 6.09. The van der Waals surface area contributed by atoms with Crippen LogP contribution in [0.3, 0.4) is 0 Å². The van der Waals surface area contributed by atoms with Gasteiger partial charge in [-0.15, -0.1) is 0 Å². The fourth-order valence-electron chi connectivity index (χ4n) is 6.87. The Labute approximate surface area is 156 Å². The lowest BCUT2D eigenvalue weighted by Crippen LogP contribution is -2.46. The third kappa shape index (κ3) is 2.46. The summed E-state index contributed by atoms with van der Waals surface area (Å²) in [6, 6.07) is 6.82. The summed E-state index contributed by atoms with van der Waals surface area (Å²) in [5.41, 5.74) is 2.98. The van der Waals surface area contributed by atoms with E-state index in [1.54, 1.807) is 5.56 Å². The zero-order valence-corrected chi connectivity index (χ0v) is 16.1. The fourth-order valence-corrected chi connectivity index (χ4v) is 6.87. The number of ketones is 1. The van der Waals surface area contributed by atoms with Gasteiger partial charge in [0.05, 0.1) is 0 Å². The number of carbonyl (C=O) groups excluding carboxylic acids is 1. The fraction of sp³-hybridized carbons (Fsp3) is 0.696. The number of fused-ring (bicyclic) bond motifs is 5. The third-order valence-electron chi connectivity index (χ3n) is 7.99. The molecule has 1 saturated heterocycles. The number of hydrogen-bond donors (Lipinski definition) is 1. The van der Waals surface area contributed by atoms with Gasteiger partial charge >= 0.3 is 0 Å². The summed E-state index contributed by atoms with van der Waals surface area (Å²) in [5, 5.41) is 3.42. The van der Waals surface area contributed by atoms with Gasteiger partial charge in [0, 0.05) is 11.8 Å². The number of benzene rings is 1. The molecule has 0 amide bonds.